The Hall–Kier alpha value is 0.220. The molecule has 0 aromatic heterocycles. The first-order valence-electron chi connectivity index (χ1n) is 4.99. The van der Waals surface area contributed by atoms with Crippen LogP contribution in [0.1, 0.15) is 20.3 Å². The van der Waals surface area contributed by atoms with Crippen LogP contribution in [0, 0.1) is 5.92 Å². The largest absolute Gasteiger partial charge is 0.481 e. The van der Waals surface area contributed by atoms with E-state index in [1.54, 1.807) is 0 Å². The minimum absolute atomic E-state index is 0.0179. The molecule has 0 radical (unpaired) electrons. The van der Waals surface area contributed by atoms with Crippen molar-refractivity contribution < 1.29 is 37.4 Å². The molecule has 102 valence electrons. The lowest BCUT2D eigenvalue weighted by Crippen LogP contribution is -2.15. The minimum atomic E-state index is -5.05. The molecule has 1 saturated heterocycles. The molecule has 0 saturated carbocycles. The first kappa shape index (κ1) is 15.3. The van der Waals surface area contributed by atoms with Gasteiger partial charge in [0.2, 0.25) is 0 Å². The van der Waals surface area contributed by atoms with E-state index in [0.717, 1.165) is 0 Å². The third-order valence-corrected chi connectivity index (χ3v) is 4.63. The maximum atomic E-state index is 11.1. The summed E-state index contributed by atoms with van der Waals surface area (Å²) in [4.78, 5) is 25.8. The lowest BCUT2D eigenvalue weighted by atomic mass is 10.0. The fourth-order valence-electron chi connectivity index (χ4n) is 1.54. The van der Waals surface area contributed by atoms with Crippen molar-refractivity contribution in [1.82, 2.24) is 0 Å². The van der Waals surface area contributed by atoms with Crippen LogP contribution in [0.4, 0.5) is 0 Å². The maximum absolute atomic E-state index is 11.1. The molecule has 3 N–H and O–H groups in total. The third kappa shape index (κ3) is 5.59. The Bertz CT molecular complexity index is 342. The predicted molar refractivity (Wildman–Crippen MR) is 57.0 cm³/mol. The number of hydrogen-bond acceptors (Lipinski definition) is 5. The van der Waals surface area contributed by atoms with E-state index in [0.29, 0.717) is 12.3 Å². The summed E-state index contributed by atoms with van der Waals surface area (Å²) in [5.74, 6) is 0.296. The van der Waals surface area contributed by atoms with Crippen LogP contribution in [0.3, 0.4) is 0 Å². The van der Waals surface area contributed by atoms with Gasteiger partial charge in [-0.15, -0.1) is 0 Å². The molecule has 0 aromatic rings. The fraction of sp³-hybridized carbons (Fsp3) is 1.00. The summed E-state index contributed by atoms with van der Waals surface area (Å²) in [5.41, 5.74) is 0. The van der Waals surface area contributed by atoms with Gasteiger partial charge in [0.05, 0.1) is 18.8 Å². The Kier molecular flexibility index (Phi) is 4.91. The smallest absolute Gasteiger partial charge is 0.373 e. The van der Waals surface area contributed by atoms with Crippen LogP contribution in [-0.4, -0.2) is 33.5 Å². The van der Waals surface area contributed by atoms with Crippen molar-refractivity contribution in [3.8, 4) is 0 Å². The quantitative estimate of drug-likeness (QED) is 0.641. The van der Waals surface area contributed by atoms with Gasteiger partial charge in [0.25, 0.3) is 0 Å². The van der Waals surface area contributed by atoms with Crippen molar-refractivity contribution in [2.45, 2.75) is 32.5 Å². The van der Waals surface area contributed by atoms with Crippen molar-refractivity contribution in [3.05, 3.63) is 0 Å². The number of rotatable bonds is 5. The molecule has 1 rings (SSSR count). The van der Waals surface area contributed by atoms with E-state index in [4.69, 9.17) is 19.4 Å². The van der Waals surface area contributed by atoms with Crippen LogP contribution in [0.15, 0.2) is 0 Å². The van der Waals surface area contributed by atoms with Gasteiger partial charge in [-0.05, 0) is 19.3 Å². The third-order valence-electron chi connectivity index (χ3n) is 2.48. The predicted octanol–water partition coefficient (Wildman–Crippen LogP) is 1.03. The highest BCUT2D eigenvalue weighted by atomic mass is 31.3. The molecule has 1 heterocycles. The molecule has 4 atom stereocenters. The van der Waals surface area contributed by atoms with Gasteiger partial charge < -0.3 is 19.4 Å². The summed E-state index contributed by atoms with van der Waals surface area (Å²) in [5, 5.41) is 0. The van der Waals surface area contributed by atoms with E-state index in [9.17, 15) is 9.13 Å². The lowest BCUT2D eigenvalue weighted by Gasteiger charge is -2.15. The van der Waals surface area contributed by atoms with Gasteiger partial charge in [-0.1, -0.05) is 6.92 Å². The Morgan fingerprint density at radius 3 is 2.29 bits per heavy atom. The molecule has 1 fully saturated rings. The van der Waals surface area contributed by atoms with Crippen molar-refractivity contribution in [1.29, 1.82) is 0 Å². The molecular formula is C7H16O8P2. The topological polar surface area (TPSA) is 123 Å². The van der Waals surface area contributed by atoms with Crippen molar-refractivity contribution >= 4 is 15.6 Å². The van der Waals surface area contributed by atoms with Crippen LogP contribution in [0.2, 0.25) is 0 Å². The van der Waals surface area contributed by atoms with E-state index in [2.05, 4.69) is 8.83 Å². The molecule has 17 heavy (non-hydrogen) atoms. The second-order valence-corrected chi connectivity index (χ2v) is 6.84. The van der Waals surface area contributed by atoms with E-state index in [1.165, 1.54) is 0 Å². The highest BCUT2D eigenvalue weighted by Gasteiger charge is 2.35. The summed E-state index contributed by atoms with van der Waals surface area (Å²) < 4.78 is 35.0. The van der Waals surface area contributed by atoms with Gasteiger partial charge in [-0.25, -0.2) is 9.13 Å². The molecule has 1 aliphatic heterocycles. The van der Waals surface area contributed by atoms with Gasteiger partial charge >= 0.3 is 15.6 Å². The lowest BCUT2D eigenvalue weighted by molar-refractivity contribution is 0.0139. The summed E-state index contributed by atoms with van der Waals surface area (Å²) in [6, 6.07) is 0. The minimum Gasteiger partial charge on any atom is -0.373 e. The summed E-state index contributed by atoms with van der Waals surface area (Å²) in [6.45, 7) is 3.59. The van der Waals surface area contributed by atoms with Crippen LogP contribution < -0.4 is 0 Å². The van der Waals surface area contributed by atoms with Gasteiger partial charge in [0.15, 0.2) is 0 Å². The molecule has 0 bridgehead atoms. The summed E-state index contributed by atoms with van der Waals surface area (Å²) in [6.07, 6.45) is 0.294. The standard InChI is InChI=1S/C7H16O8P2/c1-5-3-7(14-6(5)2)4-13-17(11,12)15-16(8,9)10/h5-7H,3-4H2,1-2H3,(H,11,12)(H2,8,9,10)/t5-,6?,7-/m0/s1. The number of phosphoric acid groups is 2. The Balaban J connectivity index is 2.41. The van der Waals surface area contributed by atoms with Crippen molar-refractivity contribution in [2.75, 3.05) is 6.61 Å². The maximum Gasteiger partial charge on any atom is 0.481 e. The average Bonchev–Trinajstić information content (AvgIpc) is 2.39. The van der Waals surface area contributed by atoms with E-state index < -0.39 is 15.6 Å². The second kappa shape index (κ2) is 5.47. The normalized spacial score (nSPS) is 33.6. The average molecular weight is 290 g/mol. The molecule has 0 spiro atoms. The van der Waals surface area contributed by atoms with Crippen LogP contribution in [-0.2, 0) is 22.7 Å². The first-order valence-corrected chi connectivity index (χ1v) is 8.01. The SMILES string of the molecule is CC1O[C@H](COP(=O)(O)OP(=O)(O)O)C[C@@H]1C. The van der Waals surface area contributed by atoms with Gasteiger partial charge in [0, 0.05) is 0 Å². The Morgan fingerprint density at radius 2 is 1.88 bits per heavy atom. The van der Waals surface area contributed by atoms with Crippen LogP contribution in [0.25, 0.3) is 0 Å². The molecule has 0 amide bonds. The molecule has 0 aliphatic carbocycles. The Morgan fingerprint density at radius 1 is 1.29 bits per heavy atom. The van der Waals surface area contributed by atoms with E-state index in [1.807, 2.05) is 13.8 Å². The van der Waals surface area contributed by atoms with Crippen molar-refractivity contribution in [3.63, 3.8) is 0 Å². The highest BCUT2D eigenvalue weighted by molar-refractivity contribution is 7.60. The zero-order chi connectivity index (χ0) is 13.3. The summed E-state index contributed by atoms with van der Waals surface area (Å²) >= 11 is 0. The zero-order valence-electron chi connectivity index (χ0n) is 9.42. The second-order valence-electron chi connectivity index (χ2n) is 4.01. The monoisotopic (exact) mass is 290 g/mol. The van der Waals surface area contributed by atoms with Gasteiger partial charge in [0.1, 0.15) is 0 Å². The molecular weight excluding hydrogens is 274 g/mol. The van der Waals surface area contributed by atoms with Gasteiger partial charge in [-0.3, -0.25) is 4.52 Å². The van der Waals surface area contributed by atoms with E-state index >= 15 is 0 Å². The summed E-state index contributed by atoms with van der Waals surface area (Å²) in [7, 11) is -9.80. The van der Waals surface area contributed by atoms with Crippen LogP contribution >= 0.6 is 15.6 Å². The molecule has 1 aliphatic rings. The Labute approximate surface area is 98.7 Å². The first-order chi connectivity index (χ1) is 7.59. The zero-order valence-corrected chi connectivity index (χ0v) is 11.2. The fourth-order valence-corrected chi connectivity index (χ4v) is 3.16. The van der Waals surface area contributed by atoms with Crippen molar-refractivity contribution in [2.24, 2.45) is 5.92 Å². The van der Waals surface area contributed by atoms with E-state index in [-0.39, 0.29) is 18.8 Å². The number of hydrogen-bond donors (Lipinski definition) is 3. The van der Waals surface area contributed by atoms with Crippen LogP contribution in [0.5, 0.6) is 0 Å². The molecule has 2 unspecified atom stereocenters. The van der Waals surface area contributed by atoms with Gasteiger partial charge in [-0.2, -0.15) is 4.31 Å². The number of phosphoric ester groups is 1. The molecule has 10 heteroatoms. The molecule has 8 nitrogen and oxygen atoms in total. The number of ether oxygens (including phenoxy) is 1. The molecule has 0 aromatic carbocycles. The highest BCUT2D eigenvalue weighted by Crippen LogP contribution is 2.57.